The van der Waals surface area contributed by atoms with Gasteiger partial charge in [-0.3, -0.25) is 4.79 Å². The number of aromatic nitrogens is 2. The molecule has 19 heavy (non-hydrogen) atoms. The highest BCUT2D eigenvalue weighted by Gasteiger charge is 2.06. The van der Waals surface area contributed by atoms with E-state index in [-0.39, 0.29) is 11.7 Å². The van der Waals surface area contributed by atoms with E-state index in [0.29, 0.717) is 16.8 Å². The van der Waals surface area contributed by atoms with Crippen LogP contribution in [0.2, 0.25) is 0 Å². The number of phenols is 1. The Morgan fingerprint density at radius 3 is 2.74 bits per heavy atom. The zero-order chi connectivity index (χ0) is 13.7. The summed E-state index contributed by atoms with van der Waals surface area (Å²) in [6.07, 6.45) is 2.77. The van der Waals surface area contributed by atoms with Crippen LogP contribution in [0.25, 0.3) is 0 Å². The van der Waals surface area contributed by atoms with Crippen LogP contribution in [-0.2, 0) is 0 Å². The molecule has 0 fully saturated rings. The Morgan fingerprint density at radius 2 is 2.05 bits per heavy atom. The van der Waals surface area contributed by atoms with Gasteiger partial charge in [0.1, 0.15) is 5.75 Å². The van der Waals surface area contributed by atoms with Crippen molar-refractivity contribution >= 4 is 11.6 Å². The van der Waals surface area contributed by atoms with Gasteiger partial charge in [-0.2, -0.15) is 15.3 Å². The van der Waals surface area contributed by atoms with Crippen molar-refractivity contribution in [3.63, 3.8) is 0 Å². The highest BCUT2D eigenvalue weighted by Crippen LogP contribution is 2.16. The minimum absolute atomic E-state index is 0.114. The Hall–Kier alpha value is -2.76. The second kappa shape index (κ2) is 5.72. The van der Waals surface area contributed by atoms with Gasteiger partial charge in [-0.25, -0.2) is 5.43 Å². The average molecular weight is 256 g/mol. The molecule has 1 amide bonds. The van der Waals surface area contributed by atoms with Crippen LogP contribution in [0, 0.1) is 0 Å². The van der Waals surface area contributed by atoms with Crippen molar-refractivity contribution in [2.24, 2.45) is 5.10 Å². The Balaban J connectivity index is 2.11. The van der Waals surface area contributed by atoms with Gasteiger partial charge < -0.3 is 5.11 Å². The van der Waals surface area contributed by atoms with Crippen molar-refractivity contribution in [1.29, 1.82) is 0 Å². The maximum Gasteiger partial charge on any atom is 0.273 e. The van der Waals surface area contributed by atoms with E-state index in [9.17, 15) is 9.90 Å². The average Bonchev–Trinajstić information content (AvgIpc) is 2.46. The summed E-state index contributed by atoms with van der Waals surface area (Å²) < 4.78 is 0. The lowest BCUT2D eigenvalue weighted by atomic mass is 10.1. The number of phenolic OH excluding ortho intramolecular Hbond substituents is 1. The normalized spacial score (nSPS) is 11.1. The first-order chi connectivity index (χ1) is 9.18. The summed E-state index contributed by atoms with van der Waals surface area (Å²) in [5, 5.41) is 20.8. The van der Waals surface area contributed by atoms with Gasteiger partial charge in [-0.05, 0) is 25.1 Å². The van der Waals surface area contributed by atoms with Crippen molar-refractivity contribution < 1.29 is 9.90 Å². The summed E-state index contributed by atoms with van der Waals surface area (Å²) in [6.45, 7) is 1.69. The van der Waals surface area contributed by atoms with Crippen LogP contribution in [0.4, 0.5) is 0 Å². The van der Waals surface area contributed by atoms with Crippen molar-refractivity contribution in [2.75, 3.05) is 0 Å². The van der Waals surface area contributed by atoms with Crippen molar-refractivity contribution in [3.8, 4) is 5.75 Å². The number of carbonyl (C=O) groups is 1. The molecule has 6 heteroatoms. The van der Waals surface area contributed by atoms with Gasteiger partial charge in [-0.1, -0.05) is 12.1 Å². The molecule has 2 N–H and O–H groups in total. The molecule has 0 saturated heterocycles. The molecule has 1 aromatic carbocycles. The molecule has 0 atom stereocenters. The van der Waals surface area contributed by atoms with Gasteiger partial charge in [0.15, 0.2) is 0 Å². The fourth-order valence-corrected chi connectivity index (χ4v) is 1.46. The van der Waals surface area contributed by atoms with Crippen LogP contribution in [0.15, 0.2) is 47.8 Å². The molecule has 0 unspecified atom stereocenters. The summed E-state index contributed by atoms with van der Waals surface area (Å²) >= 11 is 0. The molecule has 6 nitrogen and oxygen atoms in total. The van der Waals surface area contributed by atoms with E-state index in [2.05, 4.69) is 20.7 Å². The summed E-state index contributed by atoms with van der Waals surface area (Å²) in [5.74, 6) is -0.270. The number of amides is 1. The Bertz CT molecular complexity index is 611. The predicted molar refractivity (Wildman–Crippen MR) is 69.8 cm³/mol. The second-order valence-corrected chi connectivity index (χ2v) is 3.79. The molecule has 1 aromatic heterocycles. The quantitative estimate of drug-likeness (QED) is 0.640. The number of para-hydroxylation sites is 1. The summed E-state index contributed by atoms with van der Waals surface area (Å²) in [5.41, 5.74) is 3.83. The number of carbonyl (C=O) groups excluding carboxylic acids is 1. The van der Waals surface area contributed by atoms with Crippen LogP contribution in [0.1, 0.15) is 22.8 Å². The van der Waals surface area contributed by atoms with E-state index in [1.165, 1.54) is 18.5 Å². The molecule has 0 saturated carbocycles. The fraction of sp³-hybridized carbons (Fsp3) is 0.0769. The third-order valence-corrected chi connectivity index (χ3v) is 2.47. The van der Waals surface area contributed by atoms with E-state index >= 15 is 0 Å². The first kappa shape index (κ1) is 12.7. The molecule has 2 rings (SSSR count). The molecule has 0 aliphatic rings. The Morgan fingerprint density at radius 1 is 1.26 bits per heavy atom. The third kappa shape index (κ3) is 3.12. The fourth-order valence-electron chi connectivity index (χ4n) is 1.46. The highest BCUT2D eigenvalue weighted by molar-refractivity contribution is 6.02. The number of hydrogen-bond donors (Lipinski definition) is 2. The third-order valence-electron chi connectivity index (χ3n) is 2.47. The summed E-state index contributed by atoms with van der Waals surface area (Å²) in [7, 11) is 0. The molecule has 0 spiro atoms. The zero-order valence-electron chi connectivity index (χ0n) is 10.2. The van der Waals surface area contributed by atoms with Crippen LogP contribution in [-0.4, -0.2) is 26.9 Å². The largest absolute Gasteiger partial charge is 0.507 e. The number of nitrogens with zero attached hydrogens (tertiary/aromatic N) is 3. The molecule has 0 aliphatic carbocycles. The SMILES string of the molecule is C/C(=N\NC(=O)c1ccnnc1)c1ccccc1O. The maximum absolute atomic E-state index is 11.7. The Kier molecular flexibility index (Phi) is 3.82. The van der Waals surface area contributed by atoms with Gasteiger partial charge in [0.2, 0.25) is 0 Å². The number of nitrogens with one attached hydrogen (secondary N) is 1. The number of rotatable bonds is 3. The van der Waals surface area contributed by atoms with Crippen molar-refractivity contribution in [3.05, 3.63) is 53.9 Å². The molecule has 2 aromatic rings. The molecular weight excluding hydrogens is 244 g/mol. The van der Waals surface area contributed by atoms with Gasteiger partial charge in [0.05, 0.1) is 23.7 Å². The number of benzene rings is 1. The van der Waals surface area contributed by atoms with E-state index in [1.54, 1.807) is 31.2 Å². The number of aromatic hydroxyl groups is 1. The minimum atomic E-state index is -0.385. The maximum atomic E-state index is 11.7. The molecule has 0 radical (unpaired) electrons. The predicted octanol–water partition coefficient (Wildman–Crippen LogP) is 1.34. The van der Waals surface area contributed by atoms with E-state index in [0.717, 1.165) is 0 Å². The van der Waals surface area contributed by atoms with Crippen LogP contribution in [0.5, 0.6) is 5.75 Å². The van der Waals surface area contributed by atoms with Crippen molar-refractivity contribution in [1.82, 2.24) is 15.6 Å². The van der Waals surface area contributed by atoms with Crippen molar-refractivity contribution in [2.45, 2.75) is 6.92 Å². The van der Waals surface area contributed by atoms with Crippen LogP contribution in [0.3, 0.4) is 0 Å². The number of hydrogen-bond acceptors (Lipinski definition) is 5. The topological polar surface area (TPSA) is 87.5 Å². The second-order valence-electron chi connectivity index (χ2n) is 3.79. The first-order valence-corrected chi connectivity index (χ1v) is 5.58. The molecular formula is C13H12N4O2. The van der Waals surface area contributed by atoms with Gasteiger partial charge >= 0.3 is 0 Å². The standard InChI is InChI=1S/C13H12N4O2/c1-9(11-4-2-3-5-12(11)18)16-17-13(19)10-6-7-14-15-8-10/h2-8,18H,1H3,(H,17,19)/b16-9+. The van der Waals surface area contributed by atoms with Gasteiger partial charge in [0.25, 0.3) is 5.91 Å². The van der Waals surface area contributed by atoms with Gasteiger partial charge in [0, 0.05) is 5.56 Å². The van der Waals surface area contributed by atoms with Crippen LogP contribution >= 0.6 is 0 Å². The lowest BCUT2D eigenvalue weighted by molar-refractivity contribution is 0.0954. The van der Waals surface area contributed by atoms with E-state index in [1.807, 2.05) is 0 Å². The number of hydrazone groups is 1. The molecule has 0 bridgehead atoms. The van der Waals surface area contributed by atoms with E-state index < -0.39 is 0 Å². The van der Waals surface area contributed by atoms with Crippen LogP contribution < -0.4 is 5.43 Å². The smallest absolute Gasteiger partial charge is 0.273 e. The monoisotopic (exact) mass is 256 g/mol. The highest BCUT2D eigenvalue weighted by atomic mass is 16.3. The molecule has 96 valence electrons. The minimum Gasteiger partial charge on any atom is -0.507 e. The Labute approximate surface area is 109 Å². The lowest BCUT2D eigenvalue weighted by Gasteiger charge is -2.04. The summed E-state index contributed by atoms with van der Waals surface area (Å²) in [6, 6.07) is 8.31. The lowest BCUT2D eigenvalue weighted by Crippen LogP contribution is -2.19. The summed E-state index contributed by atoms with van der Waals surface area (Å²) in [4.78, 5) is 11.7. The zero-order valence-corrected chi connectivity index (χ0v) is 10.2. The van der Waals surface area contributed by atoms with E-state index in [4.69, 9.17) is 0 Å². The first-order valence-electron chi connectivity index (χ1n) is 5.58. The van der Waals surface area contributed by atoms with Gasteiger partial charge in [-0.15, -0.1) is 0 Å². The molecule has 0 aliphatic heterocycles. The molecule has 1 heterocycles.